The number of carbonyl (C=O) groups is 1. The first-order valence-corrected chi connectivity index (χ1v) is 7.72. The molecule has 0 aromatic carbocycles. The molecule has 3 heterocycles. The Morgan fingerprint density at radius 2 is 2.12 bits per heavy atom. The molecule has 3 aromatic heterocycles. The number of rotatable bonds is 6. The van der Waals surface area contributed by atoms with Gasteiger partial charge in [0.05, 0.1) is 19.0 Å². The van der Waals surface area contributed by atoms with E-state index >= 15 is 0 Å². The molecular formula is C17H19N5O2. The Bertz CT molecular complexity index is 782. The van der Waals surface area contributed by atoms with E-state index in [9.17, 15) is 4.79 Å². The van der Waals surface area contributed by atoms with Crippen molar-refractivity contribution in [1.82, 2.24) is 24.8 Å². The van der Waals surface area contributed by atoms with Crippen LogP contribution in [0.25, 0.3) is 11.3 Å². The Labute approximate surface area is 139 Å². The molecule has 0 aliphatic heterocycles. The Morgan fingerprint density at radius 3 is 2.83 bits per heavy atom. The van der Waals surface area contributed by atoms with Gasteiger partial charge in [-0.3, -0.25) is 14.5 Å². The van der Waals surface area contributed by atoms with Gasteiger partial charge in [0.2, 0.25) is 5.91 Å². The maximum Gasteiger partial charge on any atom is 0.227 e. The molecule has 0 aliphatic rings. The van der Waals surface area contributed by atoms with E-state index in [4.69, 9.17) is 4.52 Å². The molecule has 7 nitrogen and oxygen atoms in total. The fraction of sp³-hybridized carbons (Fsp3) is 0.294. The van der Waals surface area contributed by atoms with Gasteiger partial charge in [-0.1, -0.05) is 12.1 Å². The topological polar surface area (TPSA) is 77.1 Å². The molecule has 0 bridgehead atoms. The SMILES string of the molecule is C[C@H](Cn1cccn1)C(=O)N(C)Cc1cc(-c2ccncc2)no1. The Balaban J connectivity index is 1.61. The van der Waals surface area contributed by atoms with E-state index in [-0.39, 0.29) is 11.8 Å². The minimum Gasteiger partial charge on any atom is -0.359 e. The van der Waals surface area contributed by atoms with Crippen molar-refractivity contribution in [1.29, 1.82) is 0 Å². The van der Waals surface area contributed by atoms with Crippen LogP contribution >= 0.6 is 0 Å². The largest absolute Gasteiger partial charge is 0.359 e. The molecule has 0 unspecified atom stereocenters. The van der Waals surface area contributed by atoms with Crippen LogP contribution in [0.15, 0.2) is 53.6 Å². The Hall–Kier alpha value is -2.96. The lowest BCUT2D eigenvalue weighted by Crippen LogP contribution is -2.33. The maximum absolute atomic E-state index is 12.5. The van der Waals surface area contributed by atoms with Gasteiger partial charge >= 0.3 is 0 Å². The highest BCUT2D eigenvalue weighted by Gasteiger charge is 2.20. The number of hydrogen-bond donors (Lipinski definition) is 0. The van der Waals surface area contributed by atoms with Gasteiger partial charge in [-0.15, -0.1) is 0 Å². The average Bonchev–Trinajstić information content (AvgIpc) is 3.27. The van der Waals surface area contributed by atoms with Crippen LogP contribution in [0.3, 0.4) is 0 Å². The van der Waals surface area contributed by atoms with Gasteiger partial charge in [0.15, 0.2) is 5.76 Å². The van der Waals surface area contributed by atoms with Crippen LogP contribution in [-0.2, 0) is 17.9 Å². The lowest BCUT2D eigenvalue weighted by Gasteiger charge is -2.20. The average molecular weight is 325 g/mol. The Kier molecular flexibility index (Phi) is 4.69. The maximum atomic E-state index is 12.5. The summed E-state index contributed by atoms with van der Waals surface area (Å²) in [5.41, 5.74) is 1.67. The second kappa shape index (κ2) is 7.08. The summed E-state index contributed by atoms with van der Waals surface area (Å²) in [4.78, 5) is 18.1. The molecule has 124 valence electrons. The molecule has 0 saturated carbocycles. The molecule has 0 spiro atoms. The van der Waals surface area contributed by atoms with Gasteiger partial charge in [0.1, 0.15) is 5.69 Å². The van der Waals surface area contributed by atoms with Crippen molar-refractivity contribution in [2.45, 2.75) is 20.0 Å². The fourth-order valence-electron chi connectivity index (χ4n) is 2.50. The van der Waals surface area contributed by atoms with Crippen molar-refractivity contribution in [3.05, 3.63) is 54.8 Å². The van der Waals surface area contributed by atoms with Gasteiger partial charge in [-0.25, -0.2) is 0 Å². The molecule has 0 saturated heterocycles. The molecule has 0 N–H and O–H groups in total. The normalized spacial score (nSPS) is 12.1. The molecule has 0 aliphatic carbocycles. The first-order valence-electron chi connectivity index (χ1n) is 7.72. The molecule has 7 heteroatoms. The van der Waals surface area contributed by atoms with Crippen molar-refractivity contribution >= 4 is 5.91 Å². The van der Waals surface area contributed by atoms with E-state index < -0.39 is 0 Å². The predicted octanol–water partition coefficient (Wildman–Crippen LogP) is 2.23. The zero-order valence-electron chi connectivity index (χ0n) is 13.7. The predicted molar refractivity (Wildman–Crippen MR) is 87.6 cm³/mol. The van der Waals surface area contributed by atoms with Crippen molar-refractivity contribution in [2.75, 3.05) is 7.05 Å². The molecule has 1 amide bonds. The van der Waals surface area contributed by atoms with E-state index in [1.807, 2.05) is 37.4 Å². The fourth-order valence-corrected chi connectivity index (χ4v) is 2.50. The lowest BCUT2D eigenvalue weighted by atomic mass is 10.1. The van der Waals surface area contributed by atoms with Crippen molar-refractivity contribution in [3.8, 4) is 11.3 Å². The zero-order chi connectivity index (χ0) is 16.9. The van der Waals surface area contributed by atoms with E-state index in [1.54, 1.807) is 35.2 Å². The van der Waals surface area contributed by atoms with Gasteiger partial charge < -0.3 is 9.42 Å². The third-order valence-electron chi connectivity index (χ3n) is 3.75. The van der Waals surface area contributed by atoms with Crippen LogP contribution in [0.4, 0.5) is 0 Å². The third-order valence-corrected chi connectivity index (χ3v) is 3.75. The second-order valence-electron chi connectivity index (χ2n) is 5.74. The first kappa shape index (κ1) is 15.9. The summed E-state index contributed by atoms with van der Waals surface area (Å²) in [6.07, 6.45) is 6.96. The number of nitrogens with zero attached hydrogens (tertiary/aromatic N) is 5. The van der Waals surface area contributed by atoms with E-state index in [0.29, 0.717) is 18.8 Å². The monoisotopic (exact) mass is 325 g/mol. The van der Waals surface area contributed by atoms with Crippen molar-refractivity contribution in [2.24, 2.45) is 5.92 Å². The molecule has 0 fully saturated rings. The summed E-state index contributed by atoms with van der Waals surface area (Å²) in [5, 5.41) is 8.18. The van der Waals surface area contributed by atoms with Crippen LogP contribution in [0.5, 0.6) is 0 Å². The van der Waals surface area contributed by atoms with Crippen LogP contribution in [0, 0.1) is 5.92 Å². The zero-order valence-corrected chi connectivity index (χ0v) is 13.7. The number of pyridine rings is 1. The number of carbonyl (C=O) groups excluding carboxylic acids is 1. The summed E-state index contributed by atoms with van der Waals surface area (Å²) in [5.74, 6) is 0.508. The smallest absolute Gasteiger partial charge is 0.227 e. The van der Waals surface area contributed by atoms with Gasteiger partial charge in [0.25, 0.3) is 0 Å². The number of amides is 1. The Morgan fingerprint density at radius 1 is 1.33 bits per heavy atom. The quantitative estimate of drug-likeness (QED) is 0.694. The molecule has 24 heavy (non-hydrogen) atoms. The first-order chi connectivity index (χ1) is 11.6. The van der Waals surface area contributed by atoms with Gasteiger partial charge in [-0.05, 0) is 18.2 Å². The third kappa shape index (κ3) is 3.68. The van der Waals surface area contributed by atoms with Gasteiger partial charge in [-0.2, -0.15) is 5.10 Å². The van der Waals surface area contributed by atoms with Gasteiger partial charge in [0, 0.05) is 43.5 Å². The van der Waals surface area contributed by atoms with E-state index in [2.05, 4.69) is 15.2 Å². The van der Waals surface area contributed by atoms with Crippen LogP contribution in [-0.4, -0.2) is 37.8 Å². The lowest BCUT2D eigenvalue weighted by molar-refractivity contribution is -0.134. The highest BCUT2D eigenvalue weighted by molar-refractivity contribution is 5.78. The summed E-state index contributed by atoms with van der Waals surface area (Å²) < 4.78 is 7.10. The summed E-state index contributed by atoms with van der Waals surface area (Å²) in [7, 11) is 1.76. The highest BCUT2D eigenvalue weighted by Crippen LogP contribution is 2.19. The van der Waals surface area contributed by atoms with Crippen LogP contribution in [0.1, 0.15) is 12.7 Å². The molecule has 0 radical (unpaired) electrons. The van der Waals surface area contributed by atoms with Crippen molar-refractivity contribution < 1.29 is 9.32 Å². The van der Waals surface area contributed by atoms with Crippen LogP contribution < -0.4 is 0 Å². The molecule has 3 aromatic rings. The van der Waals surface area contributed by atoms with E-state index in [0.717, 1.165) is 11.3 Å². The number of aromatic nitrogens is 4. The summed E-state index contributed by atoms with van der Waals surface area (Å²) in [6, 6.07) is 7.42. The van der Waals surface area contributed by atoms with E-state index in [1.165, 1.54) is 0 Å². The summed E-state index contributed by atoms with van der Waals surface area (Å²) >= 11 is 0. The molecule has 1 atom stereocenters. The van der Waals surface area contributed by atoms with Crippen LogP contribution in [0.2, 0.25) is 0 Å². The standard InChI is InChI=1S/C17H19N5O2/c1-13(11-22-9-3-6-19-22)17(23)21(2)12-15-10-16(20-24-15)14-4-7-18-8-5-14/h3-10,13H,11-12H2,1-2H3/t13-/m1/s1. The number of hydrogen-bond acceptors (Lipinski definition) is 5. The van der Waals surface area contributed by atoms with Crippen molar-refractivity contribution in [3.63, 3.8) is 0 Å². The molecule has 3 rings (SSSR count). The molecular weight excluding hydrogens is 306 g/mol. The highest BCUT2D eigenvalue weighted by atomic mass is 16.5. The minimum absolute atomic E-state index is 0.0346. The minimum atomic E-state index is -0.169. The summed E-state index contributed by atoms with van der Waals surface area (Å²) in [6.45, 7) is 2.82. The second-order valence-corrected chi connectivity index (χ2v) is 5.74.